The number of nitrogens with zero attached hydrogens (tertiary/aromatic N) is 4. The standard InChI is InChI=1S/C13H17N5O2/c14-4-1-10-2-5-17(6-3-10)13-11(8-15)7-12(9-16-13)18(19)20/h7,9-10H,1-6,14H2. The molecule has 2 N–H and O–H groups in total. The molecule has 1 aliphatic heterocycles. The van der Waals surface area contributed by atoms with E-state index < -0.39 is 4.92 Å². The Hall–Kier alpha value is -2.20. The molecule has 7 nitrogen and oxygen atoms in total. The van der Waals surface area contributed by atoms with Crippen molar-refractivity contribution in [1.29, 1.82) is 5.26 Å². The molecular formula is C13H17N5O2. The lowest BCUT2D eigenvalue weighted by Crippen LogP contribution is -2.35. The van der Waals surface area contributed by atoms with E-state index in [2.05, 4.69) is 4.98 Å². The van der Waals surface area contributed by atoms with Crippen molar-refractivity contribution in [2.75, 3.05) is 24.5 Å². The maximum atomic E-state index is 10.7. The summed E-state index contributed by atoms with van der Waals surface area (Å²) in [7, 11) is 0. The Kier molecular flexibility index (Phi) is 4.48. The summed E-state index contributed by atoms with van der Waals surface area (Å²) >= 11 is 0. The van der Waals surface area contributed by atoms with Gasteiger partial charge in [-0.1, -0.05) is 0 Å². The second-order valence-electron chi connectivity index (χ2n) is 4.94. The highest BCUT2D eigenvalue weighted by Crippen LogP contribution is 2.27. The zero-order valence-corrected chi connectivity index (χ0v) is 11.2. The number of anilines is 1. The number of piperidine rings is 1. The highest BCUT2D eigenvalue weighted by Gasteiger charge is 2.23. The highest BCUT2D eigenvalue weighted by molar-refractivity contribution is 5.57. The molecule has 2 heterocycles. The van der Waals surface area contributed by atoms with Crippen molar-refractivity contribution >= 4 is 11.5 Å². The SMILES string of the molecule is N#Cc1cc([N+](=O)[O-])cnc1N1CCC(CCN)CC1. The van der Waals surface area contributed by atoms with Crippen molar-refractivity contribution < 1.29 is 4.92 Å². The van der Waals surface area contributed by atoms with E-state index in [0.717, 1.165) is 32.4 Å². The Bertz CT molecular complexity index is 532. The second kappa shape index (κ2) is 6.30. The van der Waals surface area contributed by atoms with Gasteiger partial charge >= 0.3 is 0 Å². The van der Waals surface area contributed by atoms with E-state index in [-0.39, 0.29) is 11.3 Å². The average Bonchev–Trinajstić information content (AvgIpc) is 2.47. The molecular weight excluding hydrogens is 258 g/mol. The van der Waals surface area contributed by atoms with Gasteiger partial charge in [0.1, 0.15) is 23.6 Å². The summed E-state index contributed by atoms with van der Waals surface area (Å²) in [5, 5.41) is 19.8. The van der Waals surface area contributed by atoms with Crippen LogP contribution < -0.4 is 10.6 Å². The zero-order chi connectivity index (χ0) is 14.5. The maximum Gasteiger partial charge on any atom is 0.289 e. The van der Waals surface area contributed by atoms with Gasteiger partial charge in [-0.3, -0.25) is 10.1 Å². The number of aromatic nitrogens is 1. The fraction of sp³-hybridized carbons (Fsp3) is 0.538. The van der Waals surface area contributed by atoms with Gasteiger partial charge in [-0.15, -0.1) is 0 Å². The Balaban J connectivity index is 2.14. The minimum Gasteiger partial charge on any atom is -0.355 e. The van der Waals surface area contributed by atoms with E-state index in [1.165, 1.54) is 12.3 Å². The average molecular weight is 275 g/mol. The lowest BCUT2D eigenvalue weighted by Gasteiger charge is -2.33. The van der Waals surface area contributed by atoms with Crippen LogP contribution >= 0.6 is 0 Å². The summed E-state index contributed by atoms with van der Waals surface area (Å²) in [5.41, 5.74) is 5.67. The summed E-state index contributed by atoms with van der Waals surface area (Å²) < 4.78 is 0. The monoisotopic (exact) mass is 275 g/mol. The molecule has 0 radical (unpaired) electrons. The van der Waals surface area contributed by atoms with Crippen molar-refractivity contribution in [3.05, 3.63) is 27.9 Å². The topological polar surface area (TPSA) is 109 Å². The van der Waals surface area contributed by atoms with Crippen LogP contribution in [0.2, 0.25) is 0 Å². The predicted octanol–water partition coefficient (Wildman–Crippen LogP) is 1.43. The van der Waals surface area contributed by atoms with Crippen LogP contribution in [0, 0.1) is 27.4 Å². The van der Waals surface area contributed by atoms with Crippen molar-refractivity contribution in [1.82, 2.24) is 4.98 Å². The van der Waals surface area contributed by atoms with Crippen molar-refractivity contribution in [3.63, 3.8) is 0 Å². The number of nitriles is 1. The molecule has 1 aliphatic rings. The van der Waals surface area contributed by atoms with Crippen LogP contribution in [0.15, 0.2) is 12.3 Å². The number of pyridine rings is 1. The fourth-order valence-corrected chi connectivity index (χ4v) is 2.55. The highest BCUT2D eigenvalue weighted by atomic mass is 16.6. The third kappa shape index (κ3) is 3.03. The number of nitrogens with two attached hydrogens (primary N) is 1. The van der Waals surface area contributed by atoms with Crippen LogP contribution in [0.25, 0.3) is 0 Å². The molecule has 20 heavy (non-hydrogen) atoms. The van der Waals surface area contributed by atoms with Gasteiger partial charge in [0.25, 0.3) is 5.69 Å². The van der Waals surface area contributed by atoms with Gasteiger partial charge < -0.3 is 10.6 Å². The molecule has 2 rings (SSSR count). The normalized spacial score (nSPS) is 15.9. The summed E-state index contributed by atoms with van der Waals surface area (Å²) in [4.78, 5) is 16.3. The summed E-state index contributed by atoms with van der Waals surface area (Å²) in [6, 6.07) is 3.28. The maximum absolute atomic E-state index is 10.7. The van der Waals surface area contributed by atoms with Gasteiger partial charge in [0.05, 0.1) is 4.92 Å². The largest absolute Gasteiger partial charge is 0.355 e. The van der Waals surface area contributed by atoms with E-state index >= 15 is 0 Å². The van der Waals surface area contributed by atoms with Gasteiger partial charge in [0, 0.05) is 19.2 Å². The number of hydrogen-bond acceptors (Lipinski definition) is 6. The van der Waals surface area contributed by atoms with Crippen LogP contribution in [0.5, 0.6) is 0 Å². The Morgan fingerprint density at radius 1 is 1.55 bits per heavy atom. The lowest BCUT2D eigenvalue weighted by atomic mass is 9.93. The predicted molar refractivity (Wildman–Crippen MR) is 74.2 cm³/mol. The fourth-order valence-electron chi connectivity index (χ4n) is 2.55. The lowest BCUT2D eigenvalue weighted by molar-refractivity contribution is -0.385. The molecule has 0 amide bonds. The van der Waals surface area contributed by atoms with Crippen LogP contribution in [0.4, 0.5) is 11.5 Å². The molecule has 0 atom stereocenters. The molecule has 0 bridgehead atoms. The number of hydrogen-bond donors (Lipinski definition) is 1. The molecule has 0 aromatic carbocycles. The first-order valence-electron chi connectivity index (χ1n) is 6.65. The van der Waals surface area contributed by atoms with E-state index in [9.17, 15) is 10.1 Å². The van der Waals surface area contributed by atoms with Crippen LogP contribution in [-0.4, -0.2) is 29.5 Å². The first-order chi connectivity index (χ1) is 9.65. The molecule has 0 unspecified atom stereocenters. The Labute approximate surface area is 117 Å². The molecule has 1 aromatic heterocycles. The first kappa shape index (κ1) is 14.2. The molecule has 1 saturated heterocycles. The summed E-state index contributed by atoms with van der Waals surface area (Å²) in [5.74, 6) is 1.17. The summed E-state index contributed by atoms with van der Waals surface area (Å²) in [6.45, 7) is 2.32. The molecule has 7 heteroatoms. The summed E-state index contributed by atoms with van der Waals surface area (Å²) in [6.07, 6.45) is 4.26. The third-order valence-corrected chi connectivity index (χ3v) is 3.67. The van der Waals surface area contributed by atoms with Crippen molar-refractivity contribution in [2.45, 2.75) is 19.3 Å². The van der Waals surface area contributed by atoms with E-state index in [4.69, 9.17) is 11.0 Å². The third-order valence-electron chi connectivity index (χ3n) is 3.67. The van der Waals surface area contributed by atoms with Crippen molar-refractivity contribution in [3.8, 4) is 6.07 Å². The smallest absolute Gasteiger partial charge is 0.289 e. The second-order valence-corrected chi connectivity index (χ2v) is 4.94. The van der Waals surface area contributed by atoms with Crippen LogP contribution in [0.3, 0.4) is 0 Å². The molecule has 0 saturated carbocycles. The van der Waals surface area contributed by atoms with Gasteiger partial charge in [0.15, 0.2) is 0 Å². The Morgan fingerprint density at radius 3 is 2.80 bits per heavy atom. The van der Waals surface area contributed by atoms with E-state index in [1.807, 2.05) is 11.0 Å². The van der Waals surface area contributed by atoms with E-state index in [1.54, 1.807) is 0 Å². The number of nitro groups is 1. The molecule has 1 aromatic rings. The zero-order valence-electron chi connectivity index (χ0n) is 11.2. The molecule has 0 spiro atoms. The van der Waals surface area contributed by atoms with Crippen LogP contribution in [-0.2, 0) is 0 Å². The number of rotatable bonds is 4. The quantitative estimate of drug-likeness (QED) is 0.657. The van der Waals surface area contributed by atoms with Crippen LogP contribution in [0.1, 0.15) is 24.8 Å². The first-order valence-corrected chi connectivity index (χ1v) is 6.65. The van der Waals surface area contributed by atoms with Gasteiger partial charge in [-0.05, 0) is 31.7 Å². The van der Waals surface area contributed by atoms with Gasteiger partial charge in [-0.25, -0.2) is 4.98 Å². The Morgan fingerprint density at radius 2 is 2.25 bits per heavy atom. The molecule has 0 aliphatic carbocycles. The molecule has 1 fully saturated rings. The molecule has 106 valence electrons. The minimum atomic E-state index is -0.537. The van der Waals surface area contributed by atoms with E-state index in [0.29, 0.717) is 18.3 Å². The van der Waals surface area contributed by atoms with Gasteiger partial charge in [-0.2, -0.15) is 5.26 Å². The van der Waals surface area contributed by atoms with Crippen molar-refractivity contribution in [2.24, 2.45) is 11.7 Å². The minimum absolute atomic E-state index is 0.150. The van der Waals surface area contributed by atoms with Gasteiger partial charge in [0.2, 0.25) is 0 Å².